The maximum atomic E-state index is 10.4. The van der Waals surface area contributed by atoms with Gasteiger partial charge in [-0.2, -0.15) is 0 Å². The van der Waals surface area contributed by atoms with Crippen LogP contribution in [0.5, 0.6) is 0 Å². The third-order valence-corrected chi connectivity index (χ3v) is 1.34. The van der Waals surface area contributed by atoms with E-state index >= 15 is 0 Å². The van der Waals surface area contributed by atoms with E-state index in [2.05, 4.69) is 29.6 Å². The first-order valence-electron chi connectivity index (χ1n) is 3.27. The quantitative estimate of drug-likeness (QED) is 0.467. The van der Waals surface area contributed by atoms with E-state index in [4.69, 9.17) is 10.2 Å². The van der Waals surface area contributed by atoms with Gasteiger partial charge in [-0.15, -0.1) is 0 Å². The fraction of sp³-hybridized carbons (Fsp3) is 0.500. The molecular weight excluding hydrogens is 216 g/mol. The van der Waals surface area contributed by atoms with E-state index in [1.807, 2.05) is 0 Å². The summed E-state index contributed by atoms with van der Waals surface area (Å²) < 4.78 is 4.38. The average molecular weight is 224 g/mol. The fourth-order valence-electron chi connectivity index (χ4n) is 0.609. The Morgan fingerprint density at radius 3 is 2.31 bits per heavy atom. The number of carboxylic acid groups (broad SMARTS) is 2. The van der Waals surface area contributed by atoms with Gasteiger partial charge in [0.1, 0.15) is 0 Å². The molecule has 0 aliphatic heterocycles. The molecule has 2 N–H and O–H groups in total. The molecule has 1 atom stereocenters. The average Bonchev–Trinajstić information content (AvgIpc) is 1.96. The Bertz CT molecular complexity index is 227. The van der Waals surface area contributed by atoms with Crippen LogP contribution in [0.25, 0.3) is 0 Å². The van der Waals surface area contributed by atoms with Crippen molar-refractivity contribution in [3.05, 3.63) is 0 Å². The molecule has 0 spiro atoms. The Kier molecular flexibility index (Phi) is 5.40. The number of rotatable bonds is 5. The monoisotopic (exact) mass is 224 g/mol. The topological polar surface area (TPSA) is 83.8 Å². The van der Waals surface area contributed by atoms with Crippen molar-refractivity contribution in [1.29, 1.82) is 0 Å². The third kappa shape index (κ3) is 6.35. The highest BCUT2D eigenvalue weighted by Gasteiger charge is 2.20. The summed E-state index contributed by atoms with van der Waals surface area (Å²) in [6.07, 6.45) is -1.65. The summed E-state index contributed by atoms with van der Waals surface area (Å²) in [5.41, 5.74) is 0. The molecule has 0 bridgehead atoms. The van der Waals surface area contributed by atoms with Crippen molar-refractivity contribution >= 4 is 41.2 Å². The Balaban J connectivity index is 4.02. The van der Waals surface area contributed by atoms with Crippen LogP contribution < -0.4 is 0 Å². The van der Waals surface area contributed by atoms with E-state index in [0.717, 1.165) is 0 Å². The summed E-state index contributed by atoms with van der Waals surface area (Å²) in [6.45, 7) is 0. The molecule has 0 aromatic heterocycles. The smallest absolute Gasteiger partial charge is 0.344 e. The molecule has 0 aliphatic rings. The van der Waals surface area contributed by atoms with E-state index < -0.39 is 18.0 Å². The van der Waals surface area contributed by atoms with Crippen LogP contribution in [0, 0.1) is 0 Å². The first-order valence-corrected chi connectivity index (χ1v) is 4.13. The minimum atomic E-state index is -1.25. The maximum Gasteiger partial charge on any atom is 0.344 e. The molecule has 1 unspecified atom stereocenters. The number of aliphatic carboxylic acids is 2. The largest absolute Gasteiger partial charge is 0.481 e. The number of thiocarbonyl (C=S) groups is 1. The molecule has 0 radical (unpaired) electrons. The Morgan fingerprint density at radius 1 is 1.46 bits per heavy atom. The molecule has 74 valence electrons. The Labute approximate surface area is 85.1 Å². The van der Waals surface area contributed by atoms with Gasteiger partial charge in [0.05, 0.1) is 0 Å². The van der Waals surface area contributed by atoms with Crippen molar-refractivity contribution in [2.45, 2.75) is 18.9 Å². The number of hydrogen-bond donors (Lipinski definition) is 3. The zero-order valence-corrected chi connectivity index (χ0v) is 8.18. The van der Waals surface area contributed by atoms with Gasteiger partial charge in [-0.05, 0) is 12.2 Å². The molecule has 0 rings (SSSR count). The first kappa shape index (κ1) is 12.2. The van der Waals surface area contributed by atoms with Crippen molar-refractivity contribution < 1.29 is 24.5 Å². The lowest BCUT2D eigenvalue weighted by atomic mass is 10.2. The van der Waals surface area contributed by atoms with Crippen molar-refractivity contribution in [3.8, 4) is 0 Å². The van der Waals surface area contributed by atoms with Crippen LogP contribution in [0.3, 0.4) is 0 Å². The molecule has 7 heteroatoms. The van der Waals surface area contributed by atoms with Gasteiger partial charge in [-0.25, -0.2) is 4.79 Å². The molecule has 0 heterocycles. The number of ether oxygens (including phenoxy) is 1. The van der Waals surface area contributed by atoms with Crippen LogP contribution in [-0.4, -0.2) is 32.6 Å². The van der Waals surface area contributed by atoms with Gasteiger partial charge in [-0.1, -0.05) is 12.6 Å². The normalized spacial score (nSPS) is 11.8. The van der Waals surface area contributed by atoms with Crippen LogP contribution in [0.4, 0.5) is 0 Å². The van der Waals surface area contributed by atoms with Gasteiger partial charge in [-0.3, -0.25) is 4.79 Å². The summed E-state index contributed by atoms with van der Waals surface area (Å²) in [7, 11) is 0. The highest BCUT2D eigenvalue weighted by Crippen LogP contribution is 2.05. The molecule has 0 fully saturated rings. The highest BCUT2D eigenvalue weighted by atomic mass is 32.1. The second kappa shape index (κ2) is 5.76. The number of thiol groups is 1. The zero-order valence-electron chi connectivity index (χ0n) is 6.47. The van der Waals surface area contributed by atoms with Crippen LogP contribution >= 0.6 is 24.8 Å². The molecule has 0 saturated heterocycles. The van der Waals surface area contributed by atoms with Crippen LogP contribution in [0.2, 0.25) is 0 Å². The van der Waals surface area contributed by atoms with Gasteiger partial charge in [0.15, 0.2) is 6.10 Å². The van der Waals surface area contributed by atoms with E-state index in [9.17, 15) is 9.59 Å². The molecular formula is C6H8O5S2. The predicted octanol–water partition coefficient (Wildman–Crippen LogP) is 0.536. The van der Waals surface area contributed by atoms with E-state index in [0.29, 0.717) is 0 Å². The first-order chi connectivity index (χ1) is 5.93. The fourth-order valence-corrected chi connectivity index (χ4v) is 0.852. The summed E-state index contributed by atoms with van der Waals surface area (Å²) >= 11 is 7.98. The van der Waals surface area contributed by atoms with Crippen LogP contribution in [0.1, 0.15) is 12.8 Å². The van der Waals surface area contributed by atoms with Gasteiger partial charge >= 0.3 is 11.9 Å². The number of carboxylic acids is 2. The second-order valence-electron chi connectivity index (χ2n) is 2.14. The number of carbonyl (C=O) groups is 2. The summed E-state index contributed by atoms with van der Waals surface area (Å²) in [4.78, 5) is 20.5. The van der Waals surface area contributed by atoms with Gasteiger partial charge in [0.2, 0.25) is 4.38 Å². The summed E-state index contributed by atoms with van der Waals surface area (Å²) in [6, 6.07) is 0. The van der Waals surface area contributed by atoms with Crippen LogP contribution in [0.15, 0.2) is 0 Å². The van der Waals surface area contributed by atoms with Crippen LogP contribution in [-0.2, 0) is 14.3 Å². The number of hydrogen-bond acceptors (Lipinski definition) is 4. The lowest BCUT2D eigenvalue weighted by Gasteiger charge is -2.11. The zero-order chi connectivity index (χ0) is 10.4. The second-order valence-corrected chi connectivity index (χ2v) is 3.22. The minimum absolute atomic E-state index is 0.134. The van der Waals surface area contributed by atoms with Crippen molar-refractivity contribution in [3.63, 3.8) is 0 Å². The highest BCUT2D eigenvalue weighted by molar-refractivity contribution is 8.10. The molecule has 5 nitrogen and oxygen atoms in total. The van der Waals surface area contributed by atoms with E-state index in [-0.39, 0.29) is 17.2 Å². The van der Waals surface area contributed by atoms with Crippen molar-refractivity contribution in [1.82, 2.24) is 0 Å². The molecule has 0 saturated carbocycles. The lowest BCUT2D eigenvalue weighted by Crippen LogP contribution is -2.25. The maximum absolute atomic E-state index is 10.4. The van der Waals surface area contributed by atoms with E-state index in [1.165, 1.54) is 0 Å². The van der Waals surface area contributed by atoms with Gasteiger partial charge in [0.25, 0.3) is 0 Å². The summed E-state index contributed by atoms with van der Waals surface area (Å²) in [5, 5.41) is 16.8. The molecule has 0 aliphatic carbocycles. The minimum Gasteiger partial charge on any atom is -0.481 e. The molecule has 0 aromatic carbocycles. The predicted molar refractivity (Wildman–Crippen MR) is 51.0 cm³/mol. The third-order valence-electron chi connectivity index (χ3n) is 1.14. The van der Waals surface area contributed by atoms with Crippen molar-refractivity contribution in [2.24, 2.45) is 0 Å². The Morgan fingerprint density at radius 2 is 2.00 bits per heavy atom. The SMILES string of the molecule is O=C(O)CCC(OC(=S)S)C(=O)O. The summed E-state index contributed by atoms with van der Waals surface area (Å²) in [5.74, 6) is -2.34. The molecule has 13 heavy (non-hydrogen) atoms. The van der Waals surface area contributed by atoms with Crippen molar-refractivity contribution in [2.75, 3.05) is 0 Å². The molecule has 0 amide bonds. The lowest BCUT2D eigenvalue weighted by molar-refractivity contribution is -0.146. The standard InChI is InChI=1S/C6H8O5S2/c7-4(8)2-1-3(5(9)10)11-6(12)13/h3H,1-2H2,(H,7,8)(H,9,10)(H,12,13). The Hall–Kier alpha value is -0.820. The van der Waals surface area contributed by atoms with Gasteiger partial charge < -0.3 is 14.9 Å². The molecule has 0 aromatic rings. The van der Waals surface area contributed by atoms with Gasteiger partial charge in [0, 0.05) is 12.8 Å². The van der Waals surface area contributed by atoms with E-state index in [1.54, 1.807) is 0 Å².